The maximum absolute atomic E-state index is 10.3. The van der Waals surface area contributed by atoms with Gasteiger partial charge in [0.15, 0.2) is 11.5 Å². The Morgan fingerprint density at radius 1 is 0.491 bits per heavy atom. The smallest absolute Gasteiger partial charge is 0.157 e. The summed E-state index contributed by atoms with van der Waals surface area (Å²) in [6, 6.07) is 32.7. The van der Waals surface area contributed by atoms with Crippen molar-refractivity contribution < 1.29 is 10.2 Å². The minimum absolute atomic E-state index is 0.00631. The molecule has 6 aromatic carbocycles. The van der Waals surface area contributed by atoms with Gasteiger partial charge in [-0.1, -0.05) is 147 Å². The third-order valence-corrected chi connectivity index (χ3v) is 12.8. The average Bonchev–Trinajstić information content (AvgIpc) is 3.14. The van der Waals surface area contributed by atoms with E-state index in [-0.39, 0.29) is 21.5 Å². The van der Waals surface area contributed by atoms with E-state index >= 15 is 0 Å². The third kappa shape index (κ3) is 10.9. The Labute approximate surface area is 352 Å². The third-order valence-electron chi connectivity index (χ3n) is 7.87. The summed E-state index contributed by atoms with van der Waals surface area (Å²) in [4.78, 5) is 4.22. The molecule has 0 heterocycles. The molecule has 0 aliphatic heterocycles. The summed E-state index contributed by atoms with van der Waals surface area (Å²) in [5, 5.41) is 30.2. The molecule has 0 fully saturated rings. The van der Waals surface area contributed by atoms with Gasteiger partial charge in [0.25, 0.3) is 0 Å². The quantitative estimate of drug-likeness (QED) is 0.103. The van der Waals surface area contributed by atoms with Gasteiger partial charge in [0.2, 0.25) is 0 Å². The first-order valence-electron chi connectivity index (χ1n) is 15.9. The van der Waals surface area contributed by atoms with Crippen LogP contribution in [0.1, 0.15) is 22.3 Å². The van der Waals surface area contributed by atoms with E-state index in [1.54, 1.807) is 55.6 Å². The van der Waals surface area contributed by atoms with Crippen LogP contribution in [0.15, 0.2) is 123 Å². The Balaban J connectivity index is 0.000000204. The van der Waals surface area contributed by atoms with Crippen molar-refractivity contribution in [3.05, 3.63) is 161 Å². The SMILES string of the molecule is Cc1c(Cl)cc(NCc2ccccc2Sc2ccc(Cl)c(Cl)c2)c(O)c1Cl.Cc1c(Cl)cc(NCc2ccccc2Sc2cccc(Cl)c2)c(O)c1Cl. The summed E-state index contributed by atoms with van der Waals surface area (Å²) in [6.45, 7) is 4.54. The number of hydrogen-bond acceptors (Lipinski definition) is 6. The van der Waals surface area contributed by atoms with Crippen LogP contribution in [0.3, 0.4) is 0 Å². The maximum Gasteiger partial charge on any atom is 0.157 e. The van der Waals surface area contributed by atoms with Crippen LogP contribution in [0.25, 0.3) is 0 Å². The highest BCUT2D eigenvalue weighted by Crippen LogP contribution is 2.41. The minimum atomic E-state index is -0.00631. The number of nitrogens with one attached hydrogen (secondary N) is 2. The molecule has 0 atom stereocenters. The lowest BCUT2D eigenvalue weighted by Crippen LogP contribution is -2.02. The second-order valence-corrected chi connectivity index (χ2v) is 16.6. The highest BCUT2D eigenvalue weighted by molar-refractivity contribution is 7.99. The van der Waals surface area contributed by atoms with Gasteiger partial charge >= 0.3 is 0 Å². The van der Waals surface area contributed by atoms with Crippen molar-refractivity contribution in [1.82, 2.24) is 0 Å². The fraction of sp³-hybridized carbons (Fsp3) is 0.100. The van der Waals surface area contributed by atoms with Gasteiger partial charge in [0.1, 0.15) is 0 Å². The second-order valence-electron chi connectivity index (χ2n) is 11.5. The number of phenolic OH excluding ortho intramolecular Hbond substituents is 2. The van der Waals surface area contributed by atoms with Crippen LogP contribution in [0.4, 0.5) is 11.4 Å². The lowest BCUT2D eigenvalue weighted by atomic mass is 10.2. The number of phenols is 2. The van der Waals surface area contributed by atoms with Crippen LogP contribution in [-0.2, 0) is 13.1 Å². The zero-order valence-electron chi connectivity index (χ0n) is 28.1. The normalized spacial score (nSPS) is 10.8. The molecular weight excluding hydrogens is 853 g/mol. The Bertz CT molecular complexity index is 2260. The van der Waals surface area contributed by atoms with Gasteiger partial charge in [-0.15, -0.1) is 0 Å². The number of halogens is 7. The van der Waals surface area contributed by atoms with Gasteiger partial charge in [0, 0.05) is 47.7 Å². The summed E-state index contributed by atoms with van der Waals surface area (Å²) in [5.41, 5.74) is 4.45. The zero-order valence-corrected chi connectivity index (χ0v) is 35.0. The van der Waals surface area contributed by atoms with E-state index in [0.717, 1.165) is 30.7 Å². The summed E-state index contributed by atoms with van der Waals surface area (Å²) in [5.74, 6) is 0.00160. The summed E-state index contributed by atoms with van der Waals surface area (Å²) in [7, 11) is 0. The molecule has 274 valence electrons. The molecule has 6 aromatic rings. The second kappa shape index (κ2) is 19.2. The van der Waals surface area contributed by atoms with Gasteiger partial charge < -0.3 is 20.8 Å². The Kier molecular flexibility index (Phi) is 15.0. The predicted octanol–water partition coefficient (Wildman–Crippen LogP) is 15.5. The van der Waals surface area contributed by atoms with Crippen LogP contribution in [0.2, 0.25) is 35.2 Å². The molecule has 0 aromatic heterocycles. The number of hydrogen-bond donors (Lipinski definition) is 4. The highest BCUT2D eigenvalue weighted by atomic mass is 35.5. The van der Waals surface area contributed by atoms with Crippen LogP contribution in [0, 0.1) is 13.8 Å². The Morgan fingerprint density at radius 2 is 0.962 bits per heavy atom. The molecular formula is C40H31Cl7N2O2S2. The molecule has 0 saturated carbocycles. The highest BCUT2D eigenvalue weighted by Gasteiger charge is 2.15. The van der Waals surface area contributed by atoms with Crippen molar-refractivity contribution in [1.29, 1.82) is 0 Å². The Hall–Kier alpha value is -2.75. The van der Waals surface area contributed by atoms with E-state index in [2.05, 4.69) is 16.7 Å². The number of aromatic hydroxyl groups is 2. The van der Waals surface area contributed by atoms with Crippen molar-refractivity contribution >= 4 is 116 Å². The molecule has 4 nitrogen and oxygen atoms in total. The number of anilines is 2. The molecule has 0 unspecified atom stereocenters. The first-order valence-corrected chi connectivity index (χ1v) is 20.1. The summed E-state index contributed by atoms with van der Waals surface area (Å²) < 4.78 is 0. The lowest BCUT2D eigenvalue weighted by molar-refractivity contribution is 0.476. The molecule has 0 radical (unpaired) electrons. The van der Waals surface area contributed by atoms with Gasteiger partial charge in [-0.25, -0.2) is 0 Å². The first-order chi connectivity index (χ1) is 25.3. The fourth-order valence-corrected chi connectivity index (χ4v) is 8.40. The fourth-order valence-electron chi connectivity index (χ4n) is 4.88. The lowest BCUT2D eigenvalue weighted by Gasteiger charge is -2.14. The van der Waals surface area contributed by atoms with E-state index < -0.39 is 0 Å². The zero-order chi connectivity index (χ0) is 38.2. The predicted molar refractivity (Wildman–Crippen MR) is 229 cm³/mol. The van der Waals surface area contributed by atoms with E-state index in [9.17, 15) is 10.2 Å². The van der Waals surface area contributed by atoms with Crippen molar-refractivity contribution in [2.45, 2.75) is 46.5 Å². The summed E-state index contributed by atoms with van der Waals surface area (Å²) >= 11 is 46.0. The largest absolute Gasteiger partial charge is 0.504 e. The molecule has 0 aliphatic rings. The van der Waals surface area contributed by atoms with Gasteiger partial charge in [0.05, 0.1) is 31.5 Å². The molecule has 0 amide bonds. The molecule has 4 N–H and O–H groups in total. The minimum Gasteiger partial charge on any atom is -0.504 e. The molecule has 0 aliphatic carbocycles. The van der Waals surface area contributed by atoms with Gasteiger partial charge in [-0.3, -0.25) is 0 Å². The van der Waals surface area contributed by atoms with Gasteiger partial charge in [-0.05, 0) is 96.8 Å². The molecule has 0 spiro atoms. The monoisotopic (exact) mass is 880 g/mol. The molecule has 6 rings (SSSR count). The number of benzene rings is 6. The van der Waals surface area contributed by atoms with Crippen molar-refractivity contribution in [2.75, 3.05) is 10.6 Å². The molecule has 0 bridgehead atoms. The van der Waals surface area contributed by atoms with Crippen LogP contribution in [-0.4, -0.2) is 10.2 Å². The van der Waals surface area contributed by atoms with Crippen molar-refractivity contribution in [3.63, 3.8) is 0 Å². The van der Waals surface area contributed by atoms with Crippen LogP contribution < -0.4 is 10.6 Å². The van der Waals surface area contributed by atoms with E-state index in [1.165, 1.54) is 0 Å². The van der Waals surface area contributed by atoms with Crippen LogP contribution >= 0.6 is 105 Å². The maximum atomic E-state index is 10.3. The van der Waals surface area contributed by atoms with Crippen molar-refractivity contribution in [3.8, 4) is 11.5 Å². The Morgan fingerprint density at radius 3 is 1.43 bits per heavy atom. The number of rotatable bonds is 10. The topological polar surface area (TPSA) is 64.5 Å². The summed E-state index contributed by atoms with van der Waals surface area (Å²) in [6.07, 6.45) is 0. The molecule has 0 saturated heterocycles. The van der Waals surface area contributed by atoms with Gasteiger partial charge in [-0.2, -0.15) is 0 Å². The standard InChI is InChI=1S/C20H15Cl4NOS.C20H16Cl3NOS/c1-11-15(22)9-17(20(26)19(11)24)25-10-12-4-2-3-5-18(12)27-13-6-7-14(21)16(23)8-13;1-12-16(22)10-17(20(25)19(12)23)24-11-13-5-2-3-8-18(13)26-15-7-4-6-14(21)9-15/h2-9,25-26H,10H2,1H3;2-10,24-25H,11H2,1H3. The average molecular weight is 884 g/mol. The molecule has 53 heavy (non-hydrogen) atoms. The van der Waals surface area contributed by atoms with E-state index in [0.29, 0.717) is 60.7 Å². The van der Waals surface area contributed by atoms with Crippen molar-refractivity contribution in [2.24, 2.45) is 0 Å². The molecule has 13 heteroatoms. The van der Waals surface area contributed by atoms with E-state index in [4.69, 9.17) is 81.2 Å². The first kappa shape index (κ1) is 41.4. The van der Waals surface area contributed by atoms with E-state index in [1.807, 2.05) is 78.9 Å². The van der Waals surface area contributed by atoms with Crippen LogP contribution in [0.5, 0.6) is 11.5 Å².